The minimum absolute atomic E-state index is 0.0868. The maximum absolute atomic E-state index is 13.8. The third kappa shape index (κ3) is 10.0. The average molecular weight is 869 g/mol. The molecular weight excluding hydrogens is 835 g/mol. The number of esters is 1. The summed E-state index contributed by atoms with van der Waals surface area (Å²) in [6, 6.07) is 30.7. The van der Waals surface area contributed by atoms with Crippen molar-refractivity contribution in [1.82, 2.24) is 9.55 Å². The van der Waals surface area contributed by atoms with E-state index >= 15 is 0 Å². The number of methoxy groups -OCH3 is 1. The van der Waals surface area contributed by atoms with Crippen molar-refractivity contribution in [3.63, 3.8) is 0 Å². The standard InChI is InChI=1S/C41H33AsCl2F3N2O5S/c1-25(2)24-55(51,52)42-29-10-16-33(17-11-29)54-32-14-8-28(9-15-32)27-6-4-26(5-7-27)20-39-48-38(34-18-12-30(43)21-37(34)44)23-49(39)31-13-19-36(41(45,46)47)35(22-31)40(50)53-3/h4-19,21-23,25H,20,24H2,1-3H3. The van der Waals surface area contributed by atoms with Gasteiger partial charge in [0.05, 0.1) is 29.0 Å². The summed E-state index contributed by atoms with van der Waals surface area (Å²) >= 11 is 11.6. The molecule has 14 heteroatoms. The fourth-order valence-electron chi connectivity index (χ4n) is 5.85. The summed E-state index contributed by atoms with van der Waals surface area (Å²) in [6.45, 7) is 3.79. The summed E-state index contributed by atoms with van der Waals surface area (Å²) in [6.07, 6.45) is -2.83. The van der Waals surface area contributed by atoms with E-state index in [0.29, 0.717) is 38.6 Å². The Balaban J connectivity index is 1.22. The molecule has 6 rings (SSSR count). The van der Waals surface area contributed by atoms with Crippen LogP contribution in [0.4, 0.5) is 13.2 Å². The molecule has 1 radical (unpaired) electrons. The van der Waals surface area contributed by atoms with Crippen LogP contribution in [0.5, 0.6) is 11.5 Å². The van der Waals surface area contributed by atoms with Crippen LogP contribution in [0.15, 0.2) is 115 Å². The maximum atomic E-state index is 13.8. The molecule has 0 aliphatic heterocycles. The van der Waals surface area contributed by atoms with Crippen LogP contribution < -0.4 is 9.09 Å². The minimum Gasteiger partial charge on any atom is -0.166 e. The van der Waals surface area contributed by atoms with Gasteiger partial charge in [-0.15, -0.1) is 0 Å². The zero-order chi connectivity index (χ0) is 39.5. The number of aromatic nitrogens is 2. The van der Waals surface area contributed by atoms with Crippen molar-refractivity contribution >= 4 is 56.2 Å². The van der Waals surface area contributed by atoms with Gasteiger partial charge in [0.25, 0.3) is 0 Å². The molecule has 1 heterocycles. The van der Waals surface area contributed by atoms with Crippen LogP contribution in [-0.2, 0) is 25.4 Å². The Morgan fingerprint density at radius 3 is 2.05 bits per heavy atom. The average Bonchev–Trinajstić information content (AvgIpc) is 3.54. The molecule has 5 aromatic carbocycles. The van der Waals surface area contributed by atoms with E-state index in [4.69, 9.17) is 32.9 Å². The molecule has 55 heavy (non-hydrogen) atoms. The predicted molar refractivity (Wildman–Crippen MR) is 211 cm³/mol. The normalized spacial score (nSPS) is 12.1. The second-order valence-electron chi connectivity index (χ2n) is 13.0. The first-order chi connectivity index (χ1) is 26.1. The van der Waals surface area contributed by atoms with Gasteiger partial charge in [0.2, 0.25) is 0 Å². The number of halogens is 5. The van der Waals surface area contributed by atoms with Crippen LogP contribution in [0.3, 0.4) is 0 Å². The van der Waals surface area contributed by atoms with Gasteiger partial charge in [0, 0.05) is 28.9 Å². The van der Waals surface area contributed by atoms with E-state index in [2.05, 4.69) is 4.74 Å². The third-order valence-corrected chi connectivity index (χ3v) is 15.1. The Kier molecular flexibility index (Phi) is 12.2. The number of hydrogen-bond donors (Lipinski definition) is 0. The number of alkyl halides is 3. The monoisotopic (exact) mass is 867 g/mol. The van der Waals surface area contributed by atoms with Crippen LogP contribution in [0.2, 0.25) is 10.0 Å². The van der Waals surface area contributed by atoms with Gasteiger partial charge < -0.3 is 9.30 Å². The van der Waals surface area contributed by atoms with E-state index in [-0.39, 0.29) is 23.8 Å². The Morgan fingerprint density at radius 2 is 1.47 bits per heavy atom. The van der Waals surface area contributed by atoms with E-state index in [0.717, 1.165) is 40.3 Å². The molecule has 0 amide bonds. The van der Waals surface area contributed by atoms with Gasteiger partial charge in [-0.05, 0) is 42.0 Å². The number of ether oxygens (including phenoxy) is 2. The van der Waals surface area contributed by atoms with E-state index in [1.165, 1.54) is 6.07 Å². The molecular formula is C41H33AsCl2F3N2O5S. The number of rotatable bonds is 12. The molecule has 0 atom stereocenters. The topological polar surface area (TPSA) is 87.5 Å². The van der Waals surface area contributed by atoms with Crippen molar-refractivity contribution in [3.8, 4) is 39.6 Å². The van der Waals surface area contributed by atoms with E-state index in [9.17, 15) is 26.4 Å². The zero-order valence-corrected chi connectivity index (χ0v) is 33.8. The van der Waals surface area contributed by atoms with Crippen molar-refractivity contribution in [2.75, 3.05) is 12.9 Å². The fraction of sp³-hybridized carbons (Fsp3) is 0.171. The van der Waals surface area contributed by atoms with Crippen molar-refractivity contribution in [2.24, 2.45) is 5.92 Å². The SMILES string of the molecule is COC(=O)c1cc(-n2cc(-c3ccc(Cl)cc3Cl)nc2Cc2ccc(-c3ccc(Oc4ccc([As]S(=O)(=O)CC(C)C)cc4)cc3)cc2)ccc1C(F)(F)F. The Bertz CT molecular complexity index is 2440. The Labute approximate surface area is 332 Å². The smallest absolute Gasteiger partial charge is 0.166 e. The summed E-state index contributed by atoms with van der Waals surface area (Å²) in [5, 5.41) is 0.775. The van der Waals surface area contributed by atoms with Gasteiger partial charge in [-0.1, -0.05) is 23.2 Å². The quantitative estimate of drug-likeness (QED) is 0.0900. The van der Waals surface area contributed by atoms with Crippen LogP contribution >= 0.6 is 23.2 Å². The first-order valence-electron chi connectivity index (χ1n) is 16.8. The fourth-order valence-corrected chi connectivity index (χ4v) is 13.2. The molecule has 0 saturated carbocycles. The second kappa shape index (κ2) is 16.7. The number of carbonyl (C=O) groups excluding carboxylic acids is 1. The summed E-state index contributed by atoms with van der Waals surface area (Å²) in [4.78, 5) is 17.3. The Morgan fingerprint density at radius 1 is 0.855 bits per heavy atom. The Hall–Kier alpha value is -4.54. The van der Waals surface area contributed by atoms with Gasteiger partial charge in [-0.3, -0.25) is 0 Å². The van der Waals surface area contributed by atoms with Gasteiger partial charge in [-0.25, -0.2) is 9.78 Å². The zero-order valence-electron chi connectivity index (χ0n) is 29.6. The van der Waals surface area contributed by atoms with Crippen LogP contribution in [0, 0.1) is 5.92 Å². The van der Waals surface area contributed by atoms with Crippen molar-refractivity contribution in [2.45, 2.75) is 26.4 Å². The number of carbonyl (C=O) groups is 1. The van der Waals surface area contributed by atoms with E-state index in [1.807, 2.05) is 62.4 Å². The number of imidazole rings is 1. The number of nitrogens with zero attached hydrogens (tertiary/aromatic N) is 2. The predicted octanol–water partition coefficient (Wildman–Crippen LogP) is 10.0. The molecule has 0 spiro atoms. The van der Waals surface area contributed by atoms with Gasteiger partial charge in [0.1, 0.15) is 5.82 Å². The molecule has 0 aliphatic carbocycles. The first kappa shape index (κ1) is 40.1. The van der Waals surface area contributed by atoms with Gasteiger partial charge >= 0.3 is 173 Å². The second-order valence-corrected chi connectivity index (χ2v) is 21.2. The van der Waals surface area contributed by atoms with E-state index < -0.39 is 46.0 Å². The third-order valence-electron chi connectivity index (χ3n) is 8.34. The van der Waals surface area contributed by atoms with Crippen LogP contribution in [-0.4, -0.2) is 51.4 Å². The van der Waals surface area contributed by atoms with E-state index in [1.54, 1.807) is 53.2 Å². The van der Waals surface area contributed by atoms with Crippen molar-refractivity contribution in [3.05, 3.63) is 148 Å². The molecule has 6 aromatic rings. The summed E-state index contributed by atoms with van der Waals surface area (Å²) in [5.74, 6) is 0.854. The number of hydrogen-bond acceptors (Lipinski definition) is 6. The first-order valence-corrected chi connectivity index (χ1v) is 22.5. The molecule has 0 unspecified atom stereocenters. The van der Waals surface area contributed by atoms with Crippen LogP contribution in [0.25, 0.3) is 28.1 Å². The molecule has 0 aliphatic rings. The van der Waals surface area contributed by atoms with Gasteiger partial charge in [0.15, 0.2) is 0 Å². The molecule has 283 valence electrons. The van der Waals surface area contributed by atoms with Crippen LogP contribution in [0.1, 0.15) is 41.2 Å². The molecule has 0 N–H and O–H groups in total. The summed E-state index contributed by atoms with van der Waals surface area (Å²) in [7, 11) is -2.07. The molecule has 7 nitrogen and oxygen atoms in total. The minimum atomic E-state index is -4.77. The molecule has 0 bridgehead atoms. The molecule has 0 saturated heterocycles. The van der Waals surface area contributed by atoms with Crippen molar-refractivity contribution < 1.29 is 35.9 Å². The molecule has 1 aromatic heterocycles. The molecule has 0 fully saturated rings. The number of benzene rings is 5. The van der Waals surface area contributed by atoms with Crippen molar-refractivity contribution in [1.29, 1.82) is 0 Å². The van der Waals surface area contributed by atoms with Gasteiger partial charge in [-0.2, -0.15) is 13.2 Å². The summed E-state index contributed by atoms with van der Waals surface area (Å²) < 4.78 is 79.4. The summed E-state index contributed by atoms with van der Waals surface area (Å²) in [5.41, 5.74) is 2.32.